The Morgan fingerprint density at radius 1 is 1.24 bits per heavy atom. The standard InChI is InChI=1S/C22H20N4OS2/c1-12-7-8-16-14(9-12)10-15-18(23)19(29-21(15)24-16)20(27)26-22-25-17(11-28-22)13-5-3-2-4-6-13/h2-6,10-12H,7-9,23H2,1H3,(H,25,26,27). The Kier molecular flexibility index (Phi) is 4.56. The number of nitrogens with one attached hydrogen (secondary N) is 1. The third-order valence-electron chi connectivity index (χ3n) is 5.33. The number of nitrogens with zero attached hydrogens (tertiary/aromatic N) is 2. The third kappa shape index (κ3) is 3.41. The molecule has 1 unspecified atom stereocenters. The molecule has 0 bridgehead atoms. The van der Waals surface area contributed by atoms with Crippen LogP contribution in [-0.2, 0) is 12.8 Å². The number of rotatable bonds is 3. The Balaban J connectivity index is 1.43. The van der Waals surface area contributed by atoms with Gasteiger partial charge in [0, 0.05) is 22.0 Å². The number of amides is 1. The van der Waals surface area contributed by atoms with Gasteiger partial charge in [-0.15, -0.1) is 22.7 Å². The summed E-state index contributed by atoms with van der Waals surface area (Å²) < 4.78 is 0. The molecular weight excluding hydrogens is 400 g/mol. The van der Waals surface area contributed by atoms with Gasteiger partial charge in [-0.2, -0.15) is 0 Å². The molecule has 3 heterocycles. The predicted molar refractivity (Wildman–Crippen MR) is 121 cm³/mol. The number of aromatic nitrogens is 2. The van der Waals surface area contributed by atoms with Crippen LogP contribution in [0, 0.1) is 5.92 Å². The first-order chi connectivity index (χ1) is 14.1. The smallest absolute Gasteiger partial charge is 0.269 e. The van der Waals surface area contributed by atoms with E-state index in [2.05, 4.69) is 23.3 Å². The first-order valence-electron chi connectivity index (χ1n) is 9.61. The molecule has 1 amide bonds. The number of nitrogen functional groups attached to an aromatic ring is 1. The van der Waals surface area contributed by atoms with E-state index >= 15 is 0 Å². The van der Waals surface area contributed by atoms with Gasteiger partial charge in [-0.25, -0.2) is 9.97 Å². The summed E-state index contributed by atoms with van der Waals surface area (Å²) in [5.41, 5.74) is 11.1. The number of carbonyl (C=O) groups is 1. The lowest BCUT2D eigenvalue weighted by molar-refractivity contribution is 0.103. The highest BCUT2D eigenvalue weighted by Gasteiger charge is 2.22. The molecule has 0 fully saturated rings. The van der Waals surface area contributed by atoms with Crippen LogP contribution in [0.3, 0.4) is 0 Å². The lowest BCUT2D eigenvalue weighted by Gasteiger charge is -2.20. The summed E-state index contributed by atoms with van der Waals surface area (Å²) in [5.74, 6) is 0.430. The molecule has 1 atom stereocenters. The molecule has 5 nitrogen and oxygen atoms in total. The molecular formula is C22H20N4OS2. The highest BCUT2D eigenvalue weighted by atomic mass is 32.1. The van der Waals surface area contributed by atoms with E-state index in [-0.39, 0.29) is 5.91 Å². The minimum absolute atomic E-state index is 0.231. The molecule has 1 aliphatic rings. The summed E-state index contributed by atoms with van der Waals surface area (Å²) in [6.45, 7) is 2.26. The minimum Gasteiger partial charge on any atom is -0.397 e. The van der Waals surface area contributed by atoms with Gasteiger partial charge in [0.1, 0.15) is 9.71 Å². The maximum atomic E-state index is 12.9. The average molecular weight is 421 g/mol. The van der Waals surface area contributed by atoms with Crippen LogP contribution in [0.25, 0.3) is 21.5 Å². The largest absolute Gasteiger partial charge is 0.397 e. The molecule has 0 spiro atoms. The van der Waals surface area contributed by atoms with Crippen molar-refractivity contribution in [2.75, 3.05) is 11.1 Å². The normalized spacial score (nSPS) is 16.0. The molecule has 3 N–H and O–H groups in total. The number of anilines is 2. The Hall–Kier alpha value is -2.77. The van der Waals surface area contributed by atoms with E-state index in [0.29, 0.717) is 21.6 Å². The van der Waals surface area contributed by atoms with E-state index in [9.17, 15) is 4.79 Å². The maximum Gasteiger partial charge on any atom is 0.269 e. The second-order valence-electron chi connectivity index (χ2n) is 7.50. The number of fused-ring (bicyclic) bond motifs is 2. The number of aryl methyl sites for hydroxylation is 1. The summed E-state index contributed by atoms with van der Waals surface area (Å²) in [7, 11) is 0. The van der Waals surface area contributed by atoms with Crippen molar-refractivity contribution in [1.82, 2.24) is 9.97 Å². The molecule has 4 aromatic rings. The second-order valence-corrected chi connectivity index (χ2v) is 9.35. The monoisotopic (exact) mass is 420 g/mol. The second kappa shape index (κ2) is 7.24. The van der Waals surface area contributed by atoms with Crippen molar-refractivity contribution in [3.8, 4) is 11.3 Å². The van der Waals surface area contributed by atoms with Crippen molar-refractivity contribution < 1.29 is 4.79 Å². The van der Waals surface area contributed by atoms with Gasteiger partial charge >= 0.3 is 0 Å². The van der Waals surface area contributed by atoms with Crippen LogP contribution < -0.4 is 11.1 Å². The first kappa shape index (κ1) is 18.3. The molecule has 1 aromatic carbocycles. The van der Waals surface area contributed by atoms with Crippen molar-refractivity contribution in [3.63, 3.8) is 0 Å². The van der Waals surface area contributed by atoms with Gasteiger partial charge < -0.3 is 5.73 Å². The summed E-state index contributed by atoms with van der Waals surface area (Å²) in [6, 6.07) is 12.0. The molecule has 0 saturated heterocycles. The lowest BCUT2D eigenvalue weighted by atomic mass is 9.87. The van der Waals surface area contributed by atoms with Gasteiger partial charge in [0.05, 0.1) is 11.4 Å². The van der Waals surface area contributed by atoms with Crippen molar-refractivity contribution >= 4 is 49.6 Å². The van der Waals surface area contributed by atoms with E-state index in [1.54, 1.807) is 0 Å². The fourth-order valence-corrected chi connectivity index (χ4v) is 5.47. The molecule has 0 radical (unpaired) electrons. The number of pyridine rings is 1. The number of benzene rings is 1. The van der Waals surface area contributed by atoms with Crippen LogP contribution in [0.2, 0.25) is 0 Å². The van der Waals surface area contributed by atoms with Crippen LogP contribution in [0.15, 0.2) is 41.8 Å². The molecule has 5 rings (SSSR count). The van der Waals surface area contributed by atoms with Gasteiger partial charge in [-0.1, -0.05) is 37.3 Å². The Morgan fingerprint density at radius 3 is 2.90 bits per heavy atom. The van der Waals surface area contributed by atoms with Crippen LogP contribution in [0.5, 0.6) is 0 Å². The first-order valence-corrected chi connectivity index (χ1v) is 11.3. The molecule has 146 valence electrons. The Labute approximate surface area is 176 Å². The van der Waals surface area contributed by atoms with Crippen molar-refractivity contribution in [2.24, 2.45) is 5.92 Å². The Morgan fingerprint density at radius 2 is 2.07 bits per heavy atom. The van der Waals surface area contributed by atoms with Gasteiger partial charge in [0.15, 0.2) is 5.13 Å². The fourth-order valence-electron chi connectivity index (χ4n) is 3.77. The topological polar surface area (TPSA) is 80.9 Å². The summed E-state index contributed by atoms with van der Waals surface area (Å²) in [5, 5.41) is 6.29. The number of thiophene rings is 1. The van der Waals surface area contributed by atoms with Gasteiger partial charge in [0.25, 0.3) is 5.91 Å². The fraction of sp³-hybridized carbons (Fsp3) is 0.227. The van der Waals surface area contributed by atoms with Crippen LogP contribution in [0.1, 0.15) is 34.3 Å². The van der Waals surface area contributed by atoms with Crippen molar-refractivity contribution in [2.45, 2.75) is 26.2 Å². The predicted octanol–water partition coefficient (Wildman–Crippen LogP) is 5.38. The van der Waals surface area contributed by atoms with Crippen molar-refractivity contribution in [1.29, 1.82) is 0 Å². The minimum atomic E-state index is -0.231. The van der Waals surface area contributed by atoms with Crippen LogP contribution in [0.4, 0.5) is 10.8 Å². The highest BCUT2D eigenvalue weighted by Crippen LogP contribution is 2.37. The average Bonchev–Trinajstić information content (AvgIpc) is 3.32. The van der Waals surface area contributed by atoms with Gasteiger partial charge in [-0.05, 0) is 36.8 Å². The molecule has 1 aliphatic carbocycles. The number of carbonyl (C=O) groups excluding carboxylic acids is 1. The van der Waals surface area contributed by atoms with Crippen LogP contribution >= 0.6 is 22.7 Å². The summed E-state index contributed by atoms with van der Waals surface area (Å²) >= 11 is 2.76. The quantitative estimate of drug-likeness (QED) is 0.466. The third-order valence-corrected chi connectivity index (χ3v) is 7.20. The molecule has 29 heavy (non-hydrogen) atoms. The number of hydrogen-bond acceptors (Lipinski definition) is 6. The zero-order valence-corrected chi connectivity index (χ0v) is 17.6. The zero-order chi connectivity index (χ0) is 20.0. The summed E-state index contributed by atoms with van der Waals surface area (Å²) in [6.07, 6.45) is 3.18. The number of thiazole rings is 1. The van der Waals surface area contributed by atoms with E-state index in [1.807, 2.05) is 35.7 Å². The molecule has 0 aliphatic heterocycles. The SMILES string of the molecule is CC1CCc2nc3sc(C(=O)Nc4nc(-c5ccccc5)cs4)c(N)c3cc2C1. The molecule has 7 heteroatoms. The zero-order valence-electron chi connectivity index (χ0n) is 15.9. The summed E-state index contributed by atoms with van der Waals surface area (Å²) in [4.78, 5) is 23.6. The van der Waals surface area contributed by atoms with Crippen LogP contribution in [-0.4, -0.2) is 15.9 Å². The molecule has 3 aromatic heterocycles. The van der Waals surface area contributed by atoms with E-state index < -0.39 is 0 Å². The van der Waals surface area contributed by atoms with Gasteiger partial charge in [0.2, 0.25) is 0 Å². The van der Waals surface area contributed by atoms with E-state index in [4.69, 9.17) is 10.7 Å². The highest BCUT2D eigenvalue weighted by molar-refractivity contribution is 7.21. The van der Waals surface area contributed by atoms with Gasteiger partial charge in [-0.3, -0.25) is 10.1 Å². The number of nitrogens with two attached hydrogens (primary N) is 1. The van der Waals surface area contributed by atoms with E-state index in [1.165, 1.54) is 28.2 Å². The van der Waals surface area contributed by atoms with E-state index in [0.717, 1.165) is 46.4 Å². The lowest BCUT2D eigenvalue weighted by Crippen LogP contribution is -2.12. The number of hydrogen-bond donors (Lipinski definition) is 2. The van der Waals surface area contributed by atoms with Crippen molar-refractivity contribution in [3.05, 3.63) is 57.9 Å². The maximum absolute atomic E-state index is 12.9. The molecule has 0 saturated carbocycles. The Bertz CT molecular complexity index is 1210.